The highest BCUT2D eigenvalue weighted by atomic mass is 127. The smallest absolute Gasteiger partial charge is 0.120 e. The Hall–Kier alpha value is -0.290. The van der Waals surface area contributed by atoms with E-state index >= 15 is 0 Å². The van der Waals surface area contributed by atoms with Gasteiger partial charge in [-0.2, -0.15) is 0 Å². The van der Waals surface area contributed by atoms with Crippen LogP contribution in [0, 0.1) is 3.57 Å². The Bertz CT molecular complexity index is 308. The standard InChI is InChI=1S/C12H15IO2/c13-10-3-1-4-12(9-10)15-8-6-11-5-2-7-14-11/h1,3-4,9,11H,2,5-8H2. The van der Waals surface area contributed by atoms with E-state index in [2.05, 4.69) is 34.7 Å². The average Bonchev–Trinajstić information content (AvgIpc) is 2.71. The lowest BCUT2D eigenvalue weighted by atomic mass is 10.2. The third-order valence-corrected chi connectivity index (χ3v) is 3.20. The van der Waals surface area contributed by atoms with Gasteiger partial charge in [-0.1, -0.05) is 6.07 Å². The molecule has 0 amide bonds. The van der Waals surface area contributed by atoms with Crippen LogP contribution in [0.15, 0.2) is 24.3 Å². The summed E-state index contributed by atoms with van der Waals surface area (Å²) in [4.78, 5) is 0. The van der Waals surface area contributed by atoms with Crippen LogP contribution in [-0.2, 0) is 4.74 Å². The summed E-state index contributed by atoms with van der Waals surface area (Å²) in [5.41, 5.74) is 0. The third kappa shape index (κ3) is 3.65. The van der Waals surface area contributed by atoms with Gasteiger partial charge in [0.25, 0.3) is 0 Å². The predicted molar refractivity (Wildman–Crippen MR) is 68.2 cm³/mol. The fourth-order valence-electron chi connectivity index (χ4n) is 1.74. The van der Waals surface area contributed by atoms with E-state index in [1.807, 2.05) is 12.1 Å². The van der Waals surface area contributed by atoms with Gasteiger partial charge in [0.2, 0.25) is 0 Å². The zero-order valence-electron chi connectivity index (χ0n) is 8.62. The number of benzene rings is 1. The molecule has 1 aromatic rings. The molecule has 0 bridgehead atoms. The summed E-state index contributed by atoms with van der Waals surface area (Å²) in [5.74, 6) is 0.958. The minimum absolute atomic E-state index is 0.424. The molecule has 0 spiro atoms. The lowest BCUT2D eigenvalue weighted by molar-refractivity contribution is 0.0903. The van der Waals surface area contributed by atoms with Gasteiger partial charge in [0, 0.05) is 16.6 Å². The highest BCUT2D eigenvalue weighted by Crippen LogP contribution is 2.18. The molecule has 0 saturated carbocycles. The van der Waals surface area contributed by atoms with Gasteiger partial charge >= 0.3 is 0 Å². The Labute approximate surface area is 104 Å². The Morgan fingerprint density at radius 1 is 1.47 bits per heavy atom. The van der Waals surface area contributed by atoms with Crippen molar-refractivity contribution in [1.29, 1.82) is 0 Å². The lowest BCUT2D eigenvalue weighted by Gasteiger charge is -2.10. The first-order valence-electron chi connectivity index (χ1n) is 5.34. The topological polar surface area (TPSA) is 18.5 Å². The average molecular weight is 318 g/mol. The molecular weight excluding hydrogens is 303 g/mol. The lowest BCUT2D eigenvalue weighted by Crippen LogP contribution is -2.10. The Balaban J connectivity index is 1.73. The van der Waals surface area contributed by atoms with E-state index in [1.165, 1.54) is 16.4 Å². The summed E-state index contributed by atoms with van der Waals surface area (Å²) in [6.07, 6.45) is 3.82. The maximum absolute atomic E-state index is 5.66. The van der Waals surface area contributed by atoms with Gasteiger partial charge in [-0.15, -0.1) is 0 Å². The van der Waals surface area contributed by atoms with E-state index in [0.717, 1.165) is 25.4 Å². The maximum Gasteiger partial charge on any atom is 0.120 e. The van der Waals surface area contributed by atoms with Crippen molar-refractivity contribution in [2.45, 2.75) is 25.4 Å². The molecule has 1 aromatic carbocycles. The van der Waals surface area contributed by atoms with E-state index in [-0.39, 0.29) is 0 Å². The van der Waals surface area contributed by atoms with E-state index in [0.29, 0.717) is 6.10 Å². The van der Waals surface area contributed by atoms with Crippen molar-refractivity contribution in [1.82, 2.24) is 0 Å². The first-order chi connectivity index (χ1) is 7.34. The van der Waals surface area contributed by atoms with Crippen LogP contribution in [0.25, 0.3) is 0 Å². The van der Waals surface area contributed by atoms with Crippen LogP contribution in [0.5, 0.6) is 5.75 Å². The van der Waals surface area contributed by atoms with Crippen LogP contribution >= 0.6 is 22.6 Å². The second kappa shape index (κ2) is 5.70. The maximum atomic E-state index is 5.66. The van der Waals surface area contributed by atoms with Crippen LogP contribution < -0.4 is 4.74 Å². The van der Waals surface area contributed by atoms with E-state index in [1.54, 1.807) is 0 Å². The molecule has 1 aliphatic rings. The molecule has 1 fully saturated rings. The van der Waals surface area contributed by atoms with Crippen molar-refractivity contribution in [2.75, 3.05) is 13.2 Å². The van der Waals surface area contributed by atoms with Crippen molar-refractivity contribution >= 4 is 22.6 Å². The molecule has 3 heteroatoms. The number of halogens is 1. The SMILES string of the molecule is Ic1cccc(OCCC2CCCO2)c1. The number of hydrogen-bond acceptors (Lipinski definition) is 2. The first kappa shape index (κ1) is 11.2. The van der Waals surface area contributed by atoms with Crippen molar-refractivity contribution in [3.8, 4) is 5.75 Å². The Kier molecular flexibility index (Phi) is 4.26. The molecule has 15 heavy (non-hydrogen) atoms. The van der Waals surface area contributed by atoms with Gasteiger partial charge in [0.15, 0.2) is 0 Å². The number of rotatable bonds is 4. The molecule has 0 aromatic heterocycles. The van der Waals surface area contributed by atoms with E-state index in [9.17, 15) is 0 Å². The summed E-state index contributed by atoms with van der Waals surface area (Å²) in [6.45, 7) is 1.68. The molecule has 0 radical (unpaired) electrons. The van der Waals surface area contributed by atoms with Crippen LogP contribution in [-0.4, -0.2) is 19.3 Å². The van der Waals surface area contributed by atoms with Crippen LogP contribution in [0.2, 0.25) is 0 Å². The molecule has 1 aliphatic heterocycles. The molecule has 0 N–H and O–H groups in total. The third-order valence-electron chi connectivity index (χ3n) is 2.53. The van der Waals surface area contributed by atoms with Crippen molar-refractivity contribution in [3.63, 3.8) is 0 Å². The van der Waals surface area contributed by atoms with E-state index < -0.39 is 0 Å². The minimum atomic E-state index is 0.424. The summed E-state index contributed by atoms with van der Waals surface area (Å²) in [7, 11) is 0. The number of ether oxygens (including phenoxy) is 2. The molecule has 82 valence electrons. The van der Waals surface area contributed by atoms with Crippen LogP contribution in [0.3, 0.4) is 0 Å². The fourth-order valence-corrected chi connectivity index (χ4v) is 2.25. The van der Waals surface area contributed by atoms with Gasteiger partial charge in [-0.05, 0) is 53.6 Å². The second-order valence-electron chi connectivity index (χ2n) is 3.73. The van der Waals surface area contributed by atoms with Gasteiger partial charge in [-0.25, -0.2) is 0 Å². The van der Waals surface area contributed by atoms with Gasteiger partial charge < -0.3 is 9.47 Å². The highest BCUT2D eigenvalue weighted by Gasteiger charge is 2.14. The molecule has 2 nitrogen and oxygen atoms in total. The van der Waals surface area contributed by atoms with Crippen molar-refractivity contribution in [3.05, 3.63) is 27.8 Å². The molecule has 1 heterocycles. The molecule has 1 saturated heterocycles. The normalized spacial score (nSPS) is 20.5. The molecule has 1 unspecified atom stereocenters. The van der Waals surface area contributed by atoms with Gasteiger partial charge in [-0.3, -0.25) is 0 Å². The Morgan fingerprint density at radius 2 is 2.40 bits per heavy atom. The van der Waals surface area contributed by atoms with Gasteiger partial charge in [0.1, 0.15) is 5.75 Å². The predicted octanol–water partition coefficient (Wildman–Crippen LogP) is 3.24. The second-order valence-corrected chi connectivity index (χ2v) is 4.98. The van der Waals surface area contributed by atoms with Crippen molar-refractivity contribution in [2.24, 2.45) is 0 Å². The molecular formula is C12H15IO2. The summed E-state index contributed by atoms with van der Waals surface area (Å²) in [6, 6.07) is 8.13. The summed E-state index contributed by atoms with van der Waals surface area (Å²) in [5, 5.41) is 0. The van der Waals surface area contributed by atoms with Crippen LogP contribution in [0.1, 0.15) is 19.3 Å². The fraction of sp³-hybridized carbons (Fsp3) is 0.500. The summed E-state index contributed by atoms with van der Waals surface area (Å²) >= 11 is 2.29. The van der Waals surface area contributed by atoms with Gasteiger partial charge in [0.05, 0.1) is 12.7 Å². The Morgan fingerprint density at radius 3 is 3.13 bits per heavy atom. The van der Waals surface area contributed by atoms with Crippen LogP contribution in [0.4, 0.5) is 0 Å². The summed E-state index contributed by atoms with van der Waals surface area (Å²) < 4.78 is 12.4. The zero-order chi connectivity index (χ0) is 10.5. The first-order valence-corrected chi connectivity index (χ1v) is 6.42. The van der Waals surface area contributed by atoms with E-state index in [4.69, 9.17) is 9.47 Å². The molecule has 0 aliphatic carbocycles. The quantitative estimate of drug-likeness (QED) is 0.794. The highest BCUT2D eigenvalue weighted by molar-refractivity contribution is 14.1. The largest absolute Gasteiger partial charge is 0.493 e. The number of hydrogen-bond donors (Lipinski definition) is 0. The monoisotopic (exact) mass is 318 g/mol. The van der Waals surface area contributed by atoms with Crippen molar-refractivity contribution < 1.29 is 9.47 Å². The minimum Gasteiger partial charge on any atom is -0.493 e. The molecule has 2 rings (SSSR count). The molecule has 1 atom stereocenters. The zero-order valence-corrected chi connectivity index (χ0v) is 10.8.